The Labute approximate surface area is 244 Å². The van der Waals surface area contributed by atoms with Gasteiger partial charge in [0, 0.05) is 16.5 Å². The number of hydrogen-bond acceptors (Lipinski definition) is 7. The molecular formula is C33H26N2O4S2. The SMILES string of the molecule is COc1ccc([C@@H]2C3=C(N=c4sc(=Cc5ccc(Sc6ccccc6)o5)c(=O)n42)c2ccccc2CC3)cc1OC. The van der Waals surface area contributed by atoms with Crippen LogP contribution in [0.4, 0.5) is 0 Å². The van der Waals surface area contributed by atoms with Gasteiger partial charge in [-0.1, -0.05) is 71.6 Å². The van der Waals surface area contributed by atoms with Crippen molar-refractivity contribution in [2.75, 3.05) is 14.2 Å². The van der Waals surface area contributed by atoms with E-state index in [1.807, 2.05) is 77.4 Å². The van der Waals surface area contributed by atoms with Gasteiger partial charge < -0.3 is 13.9 Å². The molecule has 0 bridgehead atoms. The zero-order valence-electron chi connectivity index (χ0n) is 22.5. The predicted octanol–water partition coefficient (Wildman–Crippen LogP) is 6.08. The monoisotopic (exact) mass is 578 g/mol. The molecule has 2 aromatic heterocycles. The Kier molecular flexibility index (Phi) is 6.65. The molecule has 1 aliphatic heterocycles. The van der Waals surface area contributed by atoms with Crippen molar-refractivity contribution < 1.29 is 13.9 Å². The van der Waals surface area contributed by atoms with E-state index in [2.05, 4.69) is 18.2 Å². The molecule has 0 N–H and O–H groups in total. The maximum atomic E-state index is 14.1. The maximum Gasteiger partial charge on any atom is 0.271 e. The Morgan fingerprint density at radius 2 is 1.76 bits per heavy atom. The van der Waals surface area contributed by atoms with Crippen LogP contribution in [-0.2, 0) is 6.42 Å². The van der Waals surface area contributed by atoms with Crippen molar-refractivity contribution in [3.05, 3.63) is 133 Å². The standard InChI is InChI=1S/C33H26N2O4S2/c1-37-26-16-13-21(18-27(26)38-2)31-25-15-12-20-8-6-7-11-24(20)30(25)34-33-35(31)32(36)28(41-33)19-22-14-17-29(39-22)40-23-9-4-3-5-10-23/h3-11,13-14,16-19,31H,12,15H2,1-2H3/t31-/m1/s1. The summed E-state index contributed by atoms with van der Waals surface area (Å²) >= 11 is 2.94. The summed E-state index contributed by atoms with van der Waals surface area (Å²) in [6.07, 6.45) is 3.53. The Bertz CT molecular complexity index is 1990. The van der Waals surface area contributed by atoms with E-state index in [1.54, 1.807) is 26.0 Å². The number of benzene rings is 3. The molecule has 3 heterocycles. The van der Waals surface area contributed by atoms with Crippen molar-refractivity contribution in [1.82, 2.24) is 4.57 Å². The Balaban J connectivity index is 1.37. The van der Waals surface area contributed by atoms with E-state index in [9.17, 15) is 4.79 Å². The van der Waals surface area contributed by atoms with Crippen LogP contribution in [-0.4, -0.2) is 18.8 Å². The van der Waals surface area contributed by atoms with E-state index in [4.69, 9.17) is 18.9 Å². The number of ether oxygens (including phenoxy) is 2. The van der Waals surface area contributed by atoms with E-state index < -0.39 is 0 Å². The number of methoxy groups -OCH3 is 2. The lowest BCUT2D eigenvalue weighted by molar-refractivity contribution is 0.354. The fourth-order valence-corrected chi connectivity index (χ4v) is 7.33. The van der Waals surface area contributed by atoms with Crippen molar-refractivity contribution in [2.45, 2.75) is 28.9 Å². The van der Waals surface area contributed by atoms with Crippen LogP contribution in [0.1, 0.15) is 34.9 Å². The summed E-state index contributed by atoms with van der Waals surface area (Å²) < 4.78 is 19.6. The molecule has 0 saturated heterocycles. The lowest BCUT2D eigenvalue weighted by Gasteiger charge is -2.31. The molecule has 0 amide bonds. The van der Waals surface area contributed by atoms with Crippen LogP contribution >= 0.6 is 23.1 Å². The third-order valence-electron chi connectivity index (χ3n) is 7.43. The van der Waals surface area contributed by atoms with Crippen molar-refractivity contribution >= 4 is 34.9 Å². The molecule has 0 radical (unpaired) electrons. The number of fused-ring (bicyclic) bond motifs is 3. The smallest absolute Gasteiger partial charge is 0.271 e. The Hall–Kier alpha value is -4.27. The molecule has 0 unspecified atom stereocenters. The van der Waals surface area contributed by atoms with Crippen molar-refractivity contribution in [3.8, 4) is 11.5 Å². The van der Waals surface area contributed by atoms with Crippen LogP contribution in [0.3, 0.4) is 0 Å². The molecule has 41 heavy (non-hydrogen) atoms. The van der Waals surface area contributed by atoms with Crippen LogP contribution < -0.4 is 24.4 Å². The maximum absolute atomic E-state index is 14.1. The number of aromatic nitrogens is 1. The lowest BCUT2D eigenvalue weighted by atomic mass is 9.83. The molecule has 3 aromatic carbocycles. The number of furan rings is 1. The summed E-state index contributed by atoms with van der Waals surface area (Å²) in [7, 11) is 3.25. The minimum absolute atomic E-state index is 0.0902. The van der Waals surface area contributed by atoms with Gasteiger partial charge in [0.05, 0.1) is 30.5 Å². The molecule has 0 saturated carbocycles. The van der Waals surface area contributed by atoms with Crippen molar-refractivity contribution in [3.63, 3.8) is 0 Å². The summed E-state index contributed by atoms with van der Waals surface area (Å²) in [4.78, 5) is 20.9. The van der Waals surface area contributed by atoms with E-state index >= 15 is 0 Å². The summed E-state index contributed by atoms with van der Waals surface area (Å²) in [5, 5.41) is 0.769. The molecule has 2 aliphatic rings. The average molecular weight is 579 g/mol. The minimum Gasteiger partial charge on any atom is -0.493 e. The zero-order chi connectivity index (χ0) is 27.9. The number of allylic oxidation sites excluding steroid dienone is 1. The topological polar surface area (TPSA) is 66.0 Å². The molecule has 1 atom stereocenters. The number of rotatable bonds is 6. The Morgan fingerprint density at radius 3 is 2.59 bits per heavy atom. The number of hydrogen-bond donors (Lipinski definition) is 0. The Morgan fingerprint density at radius 1 is 0.951 bits per heavy atom. The summed E-state index contributed by atoms with van der Waals surface area (Å²) in [6, 6.07) is 27.9. The quantitative estimate of drug-likeness (QED) is 0.244. The molecule has 5 aromatic rings. The normalized spacial score (nSPS) is 16.0. The van der Waals surface area contributed by atoms with Gasteiger partial charge in [0.15, 0.2) is 21.4 Å². The predicted molar refractivity (Wildman–Crippen MR) is 162 cm³/mol. The van der Waals surface area contributed by atoms with Gasteiger partial charge >= 0.3 is 0 Å². The first-order valence-electron chi connectivity index (χ1n) is 13.3. The fraction of sp³-hybridized carbons (Fsp3) is 0.152. The molecule has 0 spiro atoms. The van der Waals surface area contributed by atoms with Gasteiger partial charge in [-0.3, -0.25) is 9.36 Å². The third kappa shape index (κ3) is 4.63. The molecule has 8 heteroatoms. The molecule has 1 aliphatic carbocycles. The molecule has 6 nitrogen and oxygen atoms in total. The molecule has 0 fully saturated rings. The van der Waals surface area contributed by atoms with Gasteiger partial charge in [-0.2, -0.15) is 0 Å². The summed E-state index contributed by atoms with van der Waals surface area (Å²) in [5.41, 5.74) is 5.36. The van der Waals surface area contributed by atoms with Gasteiger partial charge in [0.1, 0.15) is 5.76 Å². The first-order valence-corrected chi connectivity index (χ1v) is 14.9. The lowest BCUT2D eigenvalue weighted by Crippen LogP contribution is -2.38. The van der Waals surface area contributed by atoms with Crippen LogP contribution in [0.15, 0.2) is 115 Å². The average Bonchev–Trinajstić information content (AvgIpc) is 3.59. The number of aryl methyl sites for hydroxylation is 1. The van der Waals surface area contributed by atoms with Crippen LogP contribution in [0.25, 0.3) is 11.8 Å². The van der Waals surface area contributed by atoms with Gasteiger partial charge in [-0.05, 0) is 65.9 Å². The van der Waals surface area contributed by atoms with E-state index in [0.717, 1.165) is 45.2 Å². The highest BCUT2D eigenvalue weighted by molar-refractivity contribution is 7.99. The zero-order valence-corrected chi connectivity index (χ0v) is 24.1. The second kappa shape index (κ2) is 10.6. The van der Waals surface area contributed by atoms with Gasteiger partial charge in [-0.25, -0.2) is 4.99 Å². The number of thiazole rings is 1. The summed E-state index contributed by atoms with van der Waals surface area (Å²) in [6.45, 7) is 0. The second-order valence-corrected chi connectivity index (χ2v) is 11.9. The third-order valence-corrected chi connectivity index (χ3v) is 9.34. The number of nitrogens with zero attached hydrogens (tertiary/aromatic N) is 2. The van der Waals surface area contributed by atoms with Crippen LogP contribution in [0, 0.1) is 0 Å². The molecular weight excluding hydrogens is 553 g/mol. The van der Waals surface area contributed by atoms with Crippen molar-refractivity contribution in [2.24, 2.45) is 4.99 Å². The summed E-state index contributed by atoms with van der Waals surface area (Å²) in [5.74, 6) is 1.90. The fourth-order valence-electron chi connectivity index (χ4n) is 5.55. The molecule has 7 rings (SSSR count). The van der Waals surface area contributed by atoms with E-state index in [-0.39, 0.29) is 11.6 Å². The highest BCUT2D eigenvalue weighted by Crippen LogP contribution is 2.42. The second-order valence-electron chi connectivity index (χ2n) is 9.80. The molecule has 204 valence electrons. The first kappa shape index (κ1) is 25.7. The largest absolute Gasteiger partial charge is 0.493 e. The van der Waals surface area contributed by atoms with Crippen LogP contribution in [0.5, 0.6) is 11.5 Å². The minimum atomic E-state index is -0.308. The van der Waals surface area contributed by atoms with Gasteiger partial charge in [0.2, 0.25) is 0 Å². The first-order chi connectivity index (χ1) is 20.1. The van der Waals surface area contributed by atoms with Gasteiger partial charge in [0.25, 0.3) is 5.56 Å². The van der Waals surface area contributed by atoms with Crippen LogP contribution in [0.2, 0.25) is 0 Å². The van der Waals surface area contributed by atoms with Gasteiger partial charge in [-0.15, -0.1) is 0 Å². The van der Waals surface area contributed by atoms with Crippen molar-refractivity contribution in [1.29, 1.82) is 0 Å². The highest BCUT2D eigenvalue weighted by Gasteiger charge is 2.33. The van der Waals surface area contributed by atoms with E-state index in [0.29, 0.717) is 26.6 Å². The highest BCUT2D eigenvalue weighted by atomic mass is 32.2. The van der Waals surface area contributed by atoms with E-state index in [1.165, 1.54) is 16.9 Å².